The Morgan fingerprint density at radius 3 is 2.23 bits per heavy atom. The van der Waals surface area contributed by atoms with Crippen molar-refractivity contribution in [2.45, 2.75) is 39.2 Å². The summed E-state index contributed by atoms with van der Waals surface area (Å²) in [5.74, 6) is 1.55. The van der Waals surface area contributed by atoms with E-state index in [2.05, 4.69) is 20.3 Å². The van der Waals surface area contributed by atoms with E-state index < -0.39 is 21.5 Å². The number of urea groups is 1. The van der Waals surface area contributed by atoms with Gasteiger partial charge in [0, 0.05) is 47.9 Å². The van der Waals surface area contributed by atoms with E-state index >= 15 is 0 Å². The lowest BCUT2D eigenvalue weighted by Crippen LogP contribution is -2.36. The number of carbonyl (C=O) groups excluding carboxylic acids is 2. The summed E-state index contributed by atoms with van der Waals surface area (Å²) in [6.45, 7) is 9.90. The van der Waals surface area contributed by atoms with Gasteiger partial charge in [-0.05, 0) is 60.4 Å². The number of fused-ring (bicyclic) bond motifs is 1. The Morgan fingerprint density at radius 1 is 0.836 bits per heavy atom. The van der Waals surface area contributed by atoms with Crippen LogP contribution in [0.4, 0.5) is 33.4 Å². The van der Waals surface area contributed by atoms with Crippen LogP contribution in [0.3, 0.4) is 0 Å². The second-order valence-electron chi connectivity index (χ2n) is 15.1. The number of primary amides is 1. The number of benzene rings is 4. The third kappa shape index (κ3) is 12.2. The number of nitrogens with one attached hydrogen (secondary N) is 3. The van der Waals surface area contributed by atoms with E-state index in [9.17, 15) is 18.0 Å². The first-order chi connectivity index (χ1) is 29.0. The number of sulfonamides is 1. The van der Waals surface area contributed by atoms with Crippen molar-refractivity contribution in [3.8, 4) is 23.0 Å². The molecule has 0 saturated carbocycles. The lowest BCUT2D eigenvalue weighted by Gasteiger charge is -2.29. The molecule has 5 N–H and O–H groups in total. The van der Waals surface area contributed by atoms with Gasteiger partial charge in [0.05, 0.1) is 76.1 Å². The summed E-state index contributed by atoms with van der Waals surface area (Å²) in [5.41, 5.74) is 8.17. The fourth-order valence-corrected chi connectivity index (χ4v) is 6.90. The van der Waals surface area contributed by atoms with Crippen LogP contribution in [0.25, 0.3) is 10.8 Å². The molecule has 1 heterocycles. The van der Waals surface area contributed by atoms with Gasteiger partial charge in [0.1, 0.15) is 23.1 Å². The fraction of sp³-hybridized carbons (Fsp3) is 0.341. The zero-order valence-electron chi connectivity index (χ0n) is 35.7. The minimum atomic E-state index is -3.73. The summed E-state index contributed by atoms with van der Waals surface area (Å²) in [5, 5.41) is 7.45. The molecule has 1 atom stereocenters. The van der Waals surface area contributed by atoms with Crippen LogP contribution >= 0.6 is 0 Å². The highest BCUT2D eigenvalue weighted by atomic mass is 32.2. The highest BCUT2D eigenvalue weighted by molar-refractivity contribution is 7.92. The molecule has 4 aromatic carbocycles. The standard InChI is InChI=1S/C44H54N6O10S/c1-28(27-59-22-21-58-20-19-55-5)47-42(51)34-14-13-30(25-39(34)56-6)48-40-26-31(17-18-46-40)60-38-16-15-36(32-11-9-10-12-33(32)38)50(43(45)52)37-24-29(44(2,3)4)23-35(41(37)57-7)49-61(8,53)54/h9-18,23-26,28,49H,19-22,27H2,1-8H3,(H2,45,52)(H,46,48)(H,47,51)/t28-/m1/s1. The number of rotatable bonds is 20. The van der Waals surface area contributed by atoms with Gasteiger partial charge in [0.15, 0.2) is 5.75 Å². The highest BCUT2D eigenvalue weighted by Gasteiger charge is 2.28. The number of methoxy groups -OCH3 is 3. The zero-order chi connectivity index (χ0) is 44.3. The molecule has 326 valence electrons. The SMILES string of the molecule is COCCOCCOC[C@@H](C)NC(=O)c1ccc(Nc2cc(Oc3ccc(N(C(N)=O)c4cc(C(C)(C)C)cc(NS(C)(=O)=O)c4OC)c4ccccc34)ccn2)cc1OC. The molecule has 0 fully saturated rings. The minimum Gasteiger partial charge on any atom is -0.496 e. The molecule has 5 aromatic rings. The Kier molecular flexibility index (Phi) is 15.4. The number of amides is 3. The van der Waals surface area contributed by atoms with Crippen LogP contribution < -0.4 is 40.2 Å². The Balaban J connectivity index is 1.37. The van der Waals surface area contributed by atoms with Crippen LogP contribution in [-0.4, -0.2) is 92.0 Å². The number of anilines is 5. The maximum Gasteiger partial charge on any atom is 0.324 e. The van der Waals surface area contributed by atoms with Crippen LogP contribution in [0, 0.1) is 0 Å². The van der Waals surface area contributed by atoms with Crippen molar-refractivity contribution in [1.29, 1.82) is 0 Å². The average molecular weight is 859 g/mol. The third-order valence-corrected chi connectivity index (χ3v) is 9.82. The van der Waals surface area contributed by atoms with E-state index in [0.29, 0.717) is 83.8 Å². The van der Waals surface area contributed by atoms with Gasteiger partial charge in [-0.25, -0.2) is 18.2 Å². The van der Waals surface area contributed by atoms with Crippen molar-refractivity contribution in [2.24, 2.45) is 5.73 Å². The topological polar surface area (TPSA) is 202 Å². The summed E-state index contributed by atoms with van der Waals surface area (Å²) < 4.78 is 61.1. The number of ether oxygens (including phenoxy) is 6. The first-order valence-electron chi connectivity index (χ1n) is 19.4. The van der Waals surface area contributed by atoms with Crippen molar-refractivity contribution in [3.05, 3.63) is 96.2 Å². The molecule has 0 bridgehead atoms. The molecule has 0 spiro atoms. The van der Waals surface area contributed by atoms with Gasteiger partial charge in [-0.3, -0.25) is 14.4 Å². The number of carbonyl (C=O) groups is 2. The largest absolute Gasteiger partial charge is 0.496 e. The molecule has 0 aliphatic carbocycles. The Hall–Kier alpha value is -6.14. The maximum atomic E-state index is 13.4. The van der Waals surface area contributed by atoms with Crippen molar-refractivity contribution in [3.63, 3.8) is 0 Å². The van der Waals surface area contributed by atoms with E-state index in [1.54, 1.807) is 67.9 Å². The lowest BCUT2D eigenvalue weighted by molar-refractivity contribution is 0.0204. The van der Waals surface area contributed by atoms with Gasteiger partial charge in [-0.15, -0.1) is 0 Å². The first-order valence-corrected chi connectivity index (χ1v) is 21.3. The van der Waals surface area contributed by atoms with Crippen molar-refractivity contribution in [2.75, 3.05) is 75.6 Å². The van der Waals surface area contributed by atoms with Crippen LogP contribution in [0.2, 0.25) is 0 Å². The van der Waals surface area contributed by atoms with Gasteiger partial charge in [0.2, 0.25) is 10.0 Å². The number of hydrogen-bond donors (Lipinski definition) is 4. The number of pyridine rings is 1. The third-order valence-electron chi connectivity index (χ3n) is 9.22. The summed E-state index contributed by atoms with van der Waals surface area (Å²) in [4.78, 5) is 32.3. The maximum absolute atomic E-state index is 13.4. The molecule has 3 amide bonds. The zero-order valence-corrected chi connectivity index (χ0v) is 36.5. The Labute approximate surface area is 356 Å². The van der Waals surface area contributed by atoms with Crippen LogP contribution in [0.1, 0.15) is 43.6 Å². The van der Waals surface area contributed by atoms with Gasteiger partial charge in [-0.2, -0.15) is 0 Å². The second kappa shape index (κ2) is 20.4. The van der Waals surface area contributed by atoms with Gasteiger partial charge >= 0.3 is 6.03 Å². The predicted octanol–water partition coefficient (Wildman–Crippen LogP) is 7.47. The van der Waals surface area contributed by atoms with Crippen molar-refractivity contribution in [1.82, 2.24) is 10.3 Å². The predicted molar refractivity (Wildman–Crippen MR) is 237 cm³/mol. The number of nitrogens with two attached hydrogens (primary N) is 1. The number of aromatic nitrogens is 1. The molecular formula is C44H54N6O10S. The minimum absolute atomic E-state index is 0.112. The normalized spacial score (nSPS) is 12.1. The summed E-state index contributed by atoms with van der Waals surface area (Å²) in [7, 11) is 0.768. The van der Waals surface area contributed by atoms with E-state index in [1.807, 2.05) is 52.0 Å². The lowest BCUT2D eigenvalue weighted by atomic mass is 9.86. The quantitative estimate of drug-likeness (QED) is 0.0564. The monoisotopic (exact) mass is 858 g/mol. The second-order valence-corrected chi connectivity index (χ2v) is 16.8. The van der Waals surface area contributed by atoms with Gasteiger partial charge < -0.3 is 44.8 Å². The highest BCUT2D eigenvalue weighted by Crippen LogP contribution is 2.46. The van der Waals surface area contributed by atoms with E-state index in [1.165, 1.54) is 19.1 Å². The van der Waals surface area contributed by atoms with Crippen molar-refractivity contribution >= 4 is 61.3 Å². The molecule has 61 heavy (non-hydrogen) atoms. The molecule has 16 nitrogen and oxygen atoms in total. The molecule has 0 unspecified atom stereocenters. The molecule has 17 heteroatoms. The summed E-state index contributed by atoms with van der Waals surface area (Å²) >= 11 is 0. The molecule has 0 aliphatic rings. The molecule has 5 rings (SSSR count). The molecule has 0 radical (unpaired) electrons. The van der Waals surface area contributed by atoms with Gasteiger partial charge in [-0.1, -0.05) is 45.0 Å². The van der Waals surface area contributed by atoms with Gasteiger partial charge in [0.25, 0.3) is 5.91 Å². The van der Waals surface area contributed by atoms with E-state index in [4.69, 9.17) is 34.2 Å². The van der Waals surface area contributed by atoms with Crippen LogP contribution in [0.5, 0.6) is 23.0 Å². The molecule has 0 saturated heterocycles. The van der Waals surface area contributed by atoms with Crippen LogP contribution in [0.15, 0.2) is 85.1 Å². The molecule has 0 aliphatic heterocycles. The van der Waals surface area contributed by atoms with E-state index in [0.717, 1.165) is 11.8 Å². The molecule has 1 aromatic heterocycles. The Bertz CT molecular complexity index is 2440. The van der Waals surface area contributed by atoms with Crippen molar-refractivity contribution < 1.29 is 46.4 Å². The number of nitrogens with zero attached hydrogens (tertiary/aromatic N) is 2. The smallest absolute Gasteiger partial charge is 0.324 e. The molecular weight excluding hydrogens is 805 g/mol. The fourth-order valence-electron chi connectivity index (χ4n) is 6.35. The Morgan fingerprint density at radius 2 is 1.56 bits per heavy atom. The first kappa shape index (κ1) is 45.9. The number of hydrogen-bond acceptors (Lipinski definition) is 12. The summed E-state index contributed by atoms with van der Waals surface area (Å²) in [6.07, 6.45) is 2.63. The average Bonchev–Trinajstić information content (AvgIpc) is 3.20. The summed E-state index contributed by atoms with van der Waals surface area (Å²) in [6, 6.07) is 21.7. The van der Waals surface area contributed by atoms with Crippen LogP contribution in [-0.2, 0) is 29.6 Å². The van der Waals surface area contributed by atoms with E-state index in [-0.39, 0.29) is 29.1 Å².